The maximum atomic E-state index is 12.1. The van der Waals surface area contributed by atoms with E-state index in [9.17, 15) is 4.79 Å². The molecule has 1 fully saturated rings. The van der Waals surface area contributed by atoms with Crippen molar-refractivity contribution in [2.75, 3.05) is 18.5 Å². The molecule has 2 rings (SSSR count). The van der Waals surface area contributed by atoms with Crippen molar-refractivity contribution in [3.05, 3.63) is 28.8 Å². The molecule has 0 radical (unpaired) electrons. The zero-order valence-electron chi connectivity index (χ0n) is 11.4. The highest BCUT2D eigenvalue weighted by molar-refractivity contribution is 7.80. The largest absolute Gasteiger partial charge is 0.389 e. The SMILES string of the molecule is CNC(=O)C1CCCCN1c1ccc(Cl)cc1C(N)=S. The van der Waals surface area contributed by atoms with Gasteiger partial charge in [0.25, 0.3) is 0 Å². The Morgan fingerprint density at radius 1 is 1.50 bits per heavy atom. The number of hydrogen-bond acceptors (Lipinski definition) is 3. The number of likely N-dealkylation sites (N-methyl/N-ethyl adjacent to an activating group) is 1. The molecule has 0 bridgehead atoms. The lowest BCUT2D eigenvalue weighted by Gasteiger charge is -2.37. The topological polar surface area (TPSA) is 58.4 Å². The summed E-state index contributed by atoms with van der Waals surface area (Å²) in [6, 6.07) is 5.27. The average Bonchev–Trinajstić information content (AvgIpc) is 2.46. The Hall–Kier alpha value is -1.33. The van der Waals surface area contributed by atoms with E-state index in [4.69, 9.17) is 29.6 Å². The molecule has 1 aliphatic heterocycles. The minimum absolute atomic E-state index is 0.0218. The van der Waals surface area contributed by atoms with E-state index in [0.29, 0.717) is 10.0 Å². The Bertz CT molecular complexity index is 535. The number of nitrogens with one attached hydrogen (secondary N) is 1. The van der Waals surface area contributed by atoms with Crippen molar-refractivity contribution in [3.8, 4) is 0 Å². The Kier molecular flexibility index (Phi) is 4.83. The molecule has 4 nitrogen and oxygen atoms in total. The molecular weight excluding hydrogens is 294 g/mol. The van der Waals surface area contributed by atoms with Crippen LogP contribution in [0.25, 0.3) is 0 Å². The third-order valence-corrected chi connectivity index (χ3v) is 4.04. The van der Waals surface area contributed by atoms with E-state index >= 15 is 0 Å². The predicted octanol–water partition coefficient (Wildman–Crippen LogP) is 2.08. The van der Waals surface area contributed by atoms with Crippen LogP contribution in [-0.4, -0.2) is 30.5 Å². The van der Waals surface area contributed by atoms with Gasteiger partial charge in [-0.25, -0.2) is 0 Å². The van der Waals surface area contributed by atoms with Crippen LogP contribution in [0.15, 0.2) is 18.2 Å². The van der Waals surface area contributed by atoms with E-state index in [2.05, 4.69) is 10.2 Å². The molecule has 0 aliphatic carbocycles. The van der Waals surface area contributed by atoms with E-state index in [1.807, 2.05) is 6.07 Å². The second-order valence-corrected chi connectivity index (χ2v) is 5.72. The number of carbonyl (C=O) groups excluding carboxylic acids is 1. The first-order chi connectivity index (χ1) is 9.54. The minimum Gasteiger partial charge on any atom is -0.389 e. The molecular formula is C14H18ClN3OS. The number of halogens is 1. The maximum Gasteiger partial charge on any atom is 0.242 e. The molecule has 108 valence electrons. The van der Waals surface area contributed by atoms with E-state index in [1.54, 1.807) is 19.2 Å². The smallest absolute Gasteiger partial charge is 0.242 e. The van der Waals surface area contributed by atoms with Gasteiger partial charge in [0, 0.05) is 29.9 Å². The van der Waals surface area contributed by atoms with Crippen molar-refractivity contribution in [3.63, 3.8) is 0 Å². The molecule has 1 heterocycles. The predicted molar refractivity (Wildman–Crippen MR) is 86.4 cm³/mol. The quantitative estimate of drug-likeness (QED) is 0.839. The molecule has 1 aliphatic rings. The van der Waals surface area contributed by atoms with Crippen LogP contribution in [-0.2, 0) is 4.79 Å². The summed E-state index contributed by atoms with van der Waals surface area (Å²) in [6.07, 6.45) is 2.93. The molecule has 1 unspecified atom stereocenters. The molecule has 1 aromatic rings. The van der Waals surface area contributed by atoms with Gasteiger partial charge < -0.3 is 16.0 Å². The lowest BCUT2D eigenvalue weighted by atomic mass is 9.99. The molecule has 20 heavy (non-hydrogen) atoms. The number of amides is 1. The highest BCUT2D eigenvalue weighted by Gasteiger charge is 2.29. The van der Waals surface area contributed by atoms with Gasteiger partial charge in [-0.1, -0.05) is 23.8 Å². The Morgan fingerprint density at radius 3 is 2.90 bits per heavy atom. The van der Waals surface area contributed by atoms with Gasteiger partial charge in [0.1, 0.15) is 11.0 Å². The van der Waals surface area contributed by atoms with Crippen LogP contribution in [0.1, 0.15) is 24.8 Å². The summed E-state index contributed by atoms with van der Waals surface area (Å²) in [5.41, 5.74) is 7.40. The minimum atomic E-state index is -0.178. The van der Waals surface area contributed by atoms with Crippen LogP contribution in [0.2, 0.25) is 5.02 Å². The van der Waals surface area contributed by atoms with E-state index in [1.165, 1.54) is 0 Å². The first-order valence-electron chi connectivity index (χ1n) is 6.62. The number of piperidine rings is 1. The van der Waals surface area contributed by atoms with Crippen molar-refractivity contribution in [2.24, 2.45) is 5.73 Å². The lowest BCUT2D eigenvalue weighted by molar-refractivity contribution is -0.122. The summed E-state index contributed by atoms with van der Waals surface area (Å²) < 4.78 is 0. The second-order valence-electron chi connectivity index (χ2n) is 4.84. The van der Waals surface area contributed by atoms with Crippen LogP contribution < -0.4 is 16.0 Å². The van der Waals surface area contributed by atoms with Crippen molar-refractivity contribution >= 4 is 40.4 Å². The number of carbonyl (C=O) groups is 1. The number of anilines is 1. The zero-order valence-corrected chi connectivity index (χ0v) is 12.9. The summed E-state index contributed by atoms with van der Waals surface area (Å²) in [5.74, 6) is 0.0218. The first kappa shape index (κ1) is 15.1. The molecule has 3 N–H and O–H groups in total. The van der Waals surface area contributed by atoms with Crippen LogP contribution in [0.4, 0.5) is 5.69 Å². The molecule has 1 amide bonds. The summed E-state index contributed by atoms with van der Waals surface area (Å²) >= 11 is 11.1. The third kappa shape index (κ3) is 3.04. The maximum absolute atomic E-state index is 12.1. The van der Waals surface area contributed by atoms with Gasteiger partial charge in [-0.2, -0.15) is 0 Å². The number of rotatable bonds is 3. The Balaban J connectivity index is 2.42. The van der Waals surface area contributed by atoms with Crippen LogP contribution in [0.3, 0.4) is 0 Å². The molecule has 1 atom stereocenters. The summed E-state index contributed by atoms with van der Waals surface area (Å²) in [4.78, 5) is 14.4. The van der Waals surface area contributed by atoms with Gasteiger partial charge >= 0.3 is 0 Å². The number of hydrogen-bond donors (Lipinski definition) is 2. The fourth-order valence-corrected chi connectivity index (χ4v) is 2.95. The van der Waals surface area contributed by atoms with Gasteiger partial charge in [0.05, 0.1) is 0 Å². The molecule has 0 saturated carbocycles. The van der Waals surface area contributed by atoms with Gasteiger partial charge in [-0.3, -0.25) is 4.79 Å². The summed E-state index contributed by atoms with van der Waals surface area (Å²) in [7, 11) is 1.66. The number of nitrogens with zero attached hydrogens (tertiary/aromatic N) is 1. The molecule has 1 saturated heterocycles. The third-order valence-electron chi connectivity index (χ3n) is 3.59. The molecule has 1 aromatic carbocycles. The highest BCUT2D eigenvalue weighted by atomic mass is 35.5. The summed E-state index contributed by atoms with van der Waals surface area (Å²) in [6.45, 7) is 0.815. The lowest BCUT2D eigenvalue weighted by Crippen LogP contribution is -2.49. The van der Waals surface area contributed by atoms with E-state index < -0.39 is 0 Å². The van der Waals surface area contributed by atoms with Crippen molar-refractivity contribution in [1.82, 2.24) is 5.32 Å². The van der Waals surface area contributed by atoms with Gasteiger partial charge in [-0.05, 0) is 37.5 Å². The van der Waals surface area contributed by atoms with E-state index in [0.717, 1.165) is 37.1 Å². The zero-order chi connectivity index (χ0) is 14.7. The highest BCUT2D eigenvalue weighted by Crippen LogP contribution is 2.30. The standard InChI is InChI=1S/C14H18ClN3OS/c1-17-14(19)12-4-2-3-7-18(12)11-6-5-9(15)8-10(11)13(16)20/h5-6,8,12H,2-4,7H2,1H3,(H2,16,20)(H,17,19). The van der Waals surface area contributed by atoms with Gasteiger partial charge in [0.2, 0.25) is 5.91 Å². The van der Waals surface area contributed by atoms with Gasteiger partial charge in [0.15, 0.2) is 0 Å². The van der Waals surface area contributed by atoms with Crippen molar-refractivity contribution < 1.29 is 4.79 Å². The second kappa shape index (κ2) is 6.41. The van der Waals surface area contributed by atoms with Crippen molar-refractivity contribution in [1.29, 1.82) is 0 Å². The van der Waals surface area contributed by atoms with Crippen LogP contribution in [0.5, 0.6) is 0 Å². The number of benzene rings is 1. The fraction of sp³-hybridized carbons (Fsp3) is 0.429. The van der Waals surface area contributed by atoms with Gasteiger partial charge in [-0.15, -0.1) is 0 Å². The fourth-order valence-electron chi connectivity index (χ4n) is 2.62. The Morgan fingerprint density at radius 2 is 2.25 bits per heavy atom. The molecule has 6 heteroatoms. The van der Waals surface area contributed by atoms with Crippen LogP contribution in [0, 0.1) is 0 Å². The number of thiocarbonyl (C=S) groups is 1. The first-order valence-corrected chi connectivity index (χ1v) is 7.41. The molecule has 0 aromatic heterocycles. The normalized spacial score (nSPS) is 18.7. The monoisotopic (exact) mass is 311 g/mol. The summed E-state index contributed by atoms with van der Waals surface area (Å²) in [5, 5.41) is 3.31. The van der Waals surface area contributed by atoms with Crippen molar-refractivity contribution in [2.45, 2.75) is 25.3 Å². The Labute approximate surface area is 129 Å². The average molecular weight is 312 g/mol. The van der Waals surface area contributed by atoms with E-state index in [-0.39, 0.29) is 11.9 Å². The number of nitrogens with two attached hydrogens (primary N) is 1. The molecule has 0 spiro atoms. The van der Waals surface area contributed by atoms with Crippen LogP contribution >= 0.6 is 23.8 Å².